The maximum atomic E-state index is 13.8. The molecule has 0 aliphatic carbocycles. The maximum absolute atomic E-state index is 13.8. The lowest BCUT2D eigenvalue weighted by molar-refractivity contribution is 0.181. The average molecular weight is 576 g/mol. The molecule has 3 rings (SSSR count). The van der Waals surface area contributed by atoms with Gasteiger partial charge in [-0.25, -0.2) is 18.2 Å². The van der Waals surface area contributed by atoms with Crippen molar-refractivity contribution in [3.63, 3.8) is 0 Å². The van der Waals surface area contributed by atoms with Crippen LogP contribution in [-0.2, 0) is 24.4 Å². The summed E-state index contributed by atoms with van der Waals surface area (Å²) in [5.41, 5.74) is 2.21. The Morgan fingerprint density at radius 2 is 1.73 bits per heavy atom. The highest BCUT2D eigenvalue weighted by molar-refractivity contribution is 14.0. The van der Waals surface area contributed by atoms with Gasteiger partial charge in [0.25, 0.3) is 0 Å². The number of guanidine groups is 1. The zero-order valence-electron chi connectivity index (χ0n) is 19.0. The van der Waals surface area contributed by atoms with E-state index in [-0.39, 0.29) is 42.4 Å². The quantitative estimate of drug-likeness (QED) is 0.275. The van der Waals surface area contributed by atoms with E-state index in [1.807, 2.05) is 6.92 Å². The molecule has 5 nitrogen and oxygen atoms in total. The second-order valence-corrected chi connectivity index (χ2v) is 8.00. The van der Waals surface area contributed by atoms with Gasteiger partial charge in [0.15, 0.2) is 17.6 Å². The van der Waals surface area contributed by atoms with Crippen molar-refractivity contribution in [1.29, 1.82) is 0 Å². The molecule has 0 aromatic heterocycles. The van der Waals surface area contributed by atoms with Crippen molar-refractivity contribution in [3.8, 4) is 0 Å². The van der Waals surface area contributed by atoms with Crippen molar-refractivity contribution < 1.29 is 17.9 Å². The average Bonchev–Trinajstić information content (AvgIpc) is 2.78. The Morgan fingerprint density at radius 3 is 2.39 bits per heavy atom. The highest BCUT2D eigenvalue weighted by Gasteiger charge is 2.20. The molecule has 33 heavy (non-hydrogen) atoms. The normalized spacial score (nSPS) is 15.2. The van der Waals surface area contributed by atoms with Crippen LogP contribution in [0.4, 0.5) is 13.2 Å². The van der Waals surface area contributed by atoms with Crippen LogP contribution in [0, 0.1) is 17.5 Å². The van der Waals surface area contributed by atoms with E-state index in [2.05, 4.69) is 20.5 Å². The standard InChI is InChI=1S/C24H31F3N4O.HI/c1-3-28-24(29-14-17-4-6-21(25)19(12-17)16-32-2)30-20-8-10-31(11-9-20)15-18-5-7-22(26)23(27)13-18;/h4-7,12-13,20H,3,8-11,14-16H2,1-2H3,(H2,28,29,30);1H. The summed E-state index contributed by atoms with van der Waals surface area (Å²) < 4.78 is 45.4. The summed E-state index contributed by atoms with van der Waals surface area (Å²) in [6.45, 7) is 5.72. The monoisotopic (exact) mass is 576 g/mol. The van der Waals surface area contributed by atoms with Crippen molar-refractivity contribution in [2.24, 2.45) is 4.99 Å². The molecular formula is C24H32F3IN4O. The van der Waals surface area contributed by atoms with E-state index in [9.17, 15) is 13.2 Å². The fourth-order valence-corrected chi connectivity index (χ4v) is 3.81. The van der Waals surface area contributed by atoms with Gasteiger partial charge in [-0.1, -0.05) is 12.1 Å². The molecule has 0 unspecified atom stereocenters. The molecule has 182 valence electrons. The second-order valence-electron chi connectivity index (χ2n) is 8.00. The lowest BCUT2D eigenvalue weighted by atomic mass is 10.0. The van der Waals surface area contributed by atoms with Gasteiger partial charge in [-0.3, -0.25) is 4.90 Å². The molecule has 9 heteroatoms. The first-order valence-electron chi connectivity index (χ1n) is 11.0. The number of ether oxygens (including phenoxy) is 1. The predicted molar refractivity (Wildman–Crippen MR) is 135 cm³/mol. The third kappa shape index (κ3) is 8.46. The number of nitrogens with one attached hydrogen (secondary N) is 2. The molecule has 1 aliphatic heterocycles. The fraction of sp³-hybridized carbons (Fsp3) is 0.458. The number of rotatable bonds is 8. The van der Waals surface area contributed by atoms with E-state index in [4.69, 9.17) is 4.74 Å². The van der Waals surface area contributed by atoms with Crippen molar-refractivity contribution in [2.45, 2.75) is 45.5 Å². The first-order chi connectivity index (χ1) is 15.5. The van der Waals surface area contributed by atoms with Crippen molar-refractivity contribution in [1.82, 2.24) is 15.5 Å². The summed E-state index contributed by atoms with van der Waals surface area (Å²) in [4.78, 5) is 6.89. The van der Waals surface area contributed by atoms with E-state index in [1.54, 1.807) is 25.3 Å². The Labute approximate surface area is 210 Å². The third-order valence-corrected chi connectivity index (χ3v) is 5.49. The molecule has 1 fully saturated rings. The summed E-state index contributed by atoms with van der Waals surface area (Å²) in [5, 5.41) is 6.75. The number of benzene rings is 2. The summed E-state index contributed by atoms with van der Waals surface area (Å²) in [5.74, 6) is -1.17. The minimum atomic E-state index is -0.817. The number of hydrogen-bond donors (Lipinski definition) is 2. The Hall–Kier alpha value is -1.85. The van der Waals surface area contributed by atoms with E-state index < -0.39 is 11.6 Å². The number of hydrogen-bond acceptors (Lipinski definition) is 3. The predicted octanol–water partition coefficient (Wildman–Crippen LogP) is 4.59. The van der Waals surface area contributed by atoms with Crippen LogP contribution >= 0.6 is 24.0 Å². The maximum Gasteiger partial charge on any atom is 0.191 e. The number of nitrogens with zero attached hydrogens (tertiary/aromatic N) is 2. The number of methoxy groups -OCH3 is 1. The van der Waals surface area contributed by atoms with Gasteiger partial charge in [-0.2, -0.15) is 0 Å². The van der Waals surface area contributed by atoms with Gasteiger partial charge < -0.3 is 15.4 Å². The molecule has 1 heterocycles. The molecule has 1 aliphatic rings. The van der Waals surface area contributed by atoms with Crippen LogP contribution in [0.5, 0.6) is 0 Å². The number of aliphatic imine (C=N–C) groups is 1. The largest absolute Gasteiger partial charge is 0.380 e. The lowest BCUT2D eigenvalue weighted by Gasteiger charge is -2.33. The lowest BCUT2D eigenvalue weighted by Crippen LogP contribution is -2.48. The molecule has 0 radical (unpaired) electrons. The van der Waals surface area contributed by atoms with Gasteiger partial charge in [0.05, 0.1) is 13.2 Å². The Morgan fingerprint density at radius 1 is 1.03 bits per heavy atom. The molecule has 0 saturated carbocycles. The minimum Gasteiger partial charge on any atom is -0.380 e. The molecular weight excluding hydrogens is 544 g/mol. The Bertz CT molecular complexity index is 921. The van der Waals surface area contributed by atoms with Crippen LogP contribution in [0.15, 0.2) is 41.4 Å². The molecule has 1 saturated heterocycles. The second kappa shape index (κ2) is 13.8. The van der Waals surface area contributed by atoms with Crippen LogP contribution in [0.3, 0.4) is 0 Å². The molecule has 0 atom stereocenters. The van der Waals surface area contributed by atoms with Gasteiger partial charge in [0, 0.05) is 44.9 Å². The van der Waals surface area contributed by atoms with E-state index in [1.165, 1.54) is 18.2 Å². The van der Waals surface area contributed by atoms with Gasteiger partial charge in [-0.15, -0.1) is 24.0 Å². The minimum absolute atomic E-state index is 0. The summed E-state index contributed by atoms with van der Waals surface area (Å²) in [6, 6.07) is 9.31. The Balaban J connectivity index is 0.00000385. The van der Waals surface area contributed by atoms with E-state index >= 15 is 0 Å². The SMILES string of the molecule is CCNC(=NCc1ccc(F)c(COC)c1)NC1CCN(Cc2ccc(F)c(F)c2)CC1.I. The van der Waals surface area contributed by atoms with E-state index in [0.717, 1.165) is 49.6 Å². The van der Waals surface area contributed by atoms with Crippen LogP contribution in [0.25, 0.3) is 0 Å². The Kier molecular flexibility index (Phi) is 11.4. The number of halogens is 4. The number of likely N-dealkylation sites (tertiary alicyclic amines) is 1. The van der Waals surface area contributed by atoms with Gasteiger partial charge in [0.2, 0.25) is 0 Å². The van der Waals surface area contributed by atoms with E-state index in [0.29, 0.717) is 18.7 Å². The zero-order chi connectivity index (χ0) is 22.9. The highest BCUT2D eigenvalue weighted by atomic mass is 127. The molecule has 2 aromatic rings. The van der Waals surface area contributed by atoms with Gasteiger partial charge in [-0.05, 0) is 55.2 Å². The zero-order valence-corrected chi connectivity index (χ0v) is 21.4. The molecule has 0 amide bonds. The summed E-state index contributed by atoms with van der Waals surface area (Å²) in [6.07, 6.45) is 1.84. The molecule has 0 bridgehead atoms. The van der Waals surface area contributed by atoms with Crippen molar-refractivity contribution >= 4 is 29.9 Å². The smallest absolute Gasteiger partial charge is 0.191 e. The van der Waals surface area contributed by atoms with Gasteiger partial charge in [0.1, 0.15) is 5.82 Å². The highest BCUT2D eigenvalue weighted by Crippen LogP contribution is 2.16. The van der Waals surface area contributed by atoms with Crippen LogP contribution in [-0.4, -0.2) is 43.6 Å². The number of piperidine rings is 1. The first kappa shape index (κ1) is 27.4. The van der Waals surface area contributed by atoms with Gasteiger partial charge >= 0.3 is 0 Å². The van der Waals surface area contributed by atoms with Crippen molar-refractivity contribution in [2.75, 3.05) is 26.7 Å². The third-order valence-electron chi connectivity index (χ3n) is 5.49. The first-order valence-corrected chi connectivity index (χ1v) is 11.0. The molecule has 0 spiro atoms. The molecule has 2 aromatic carbocycles. The summed E-state index contributed by atoms with van der Waals surface area (Å²) in [7, 11) is 1.54. The summed E-state index contributed by atoms with van der Waals surface area (Å²) >= 11 is 0. The van der Waals surface area contributed by atoms with Crippen LogP contribution in [0.1, 0.15) is 36.5 Å². The fourth-order valence-electron chi connectivity index (χ4n) is 3.81. The molecule has 2 N–H and O–H groups in total. The topological polar surface area (TPSA) is 48.9 Å². The van der Waals surface area contributed by atoms with Crippen LogP contribution in [0.2, 0.25) is 0 Å². The van der Waals surface area contributed by atoms with Crippen LogP contribution < -0.4 is 10.6 Å². The van der Waals surface area contributed by atoms with Crippen molar-refractivity contribution in [3.05, 3.63) is 70.5 Å².